The number of aryl methyl sites for hydroxylation is 1. The molecule has 1 aromatic carbocycles. The van der Waals surface area contributed by atoms with Crippen molar-refractivity contribution in [2.45, 2.75) is 25.8 Å². The molecule has 0 amide bonds. The van der Waals surface area contributed by atoms with Gasteiger partial charge in [0, 0.05) is 18.7 Å². The largest absolute Gasteiger partial charge is 0.381 e. The molecule has 4 heteroatoms. The maximum absolute atomic E-state index is 11.2. The van der Waals surface area contributed by atoms with Crippen LogP contribution in [0.3, 0.4) is 0 Å². The average Bonchev–Trinajstić information content (AvgIpc) is 3.09. The SMILES string of the molecule is Cc1ccccc1Cn1cc(C=O)c(C2CCOC2)n1. The molecule has 4 nitrogen and oxygen atoms in total. The molecule has 1 aliphatic heterocycles. The second-order valence-corrected chi connectivity index (χ2v) is 5.27. The highest BCUT2D eigenvalue weighted by molar-refractivity contribution is 5.76. The van der Waals surface area contributed by atoms with E-state index in [4.69, 9.17) is 4.74 Å². The first-order chi connectivity index (χ1) is 9.78. The number of carbonyl (C=O) groups is 1. The maximum atomic E-state index is 11.2. The summed E-state index contributed by atoms with van der Waals surface area (Å²) in [5.41, 5.74) is 4.03. The summed E-state index contributed by atoms with van der Waals surface area (Å²) in [7, 11) is 0. The zero-order valence-electron chi connectivity index (χ0n) is 11.6. The molecule has 0 N–H and O–H groups in total. The highest BCUT2D eigenvalue weighted by Crippen LogP contribution is 2.26. The lowest BCUT2D eigenvalue weighted by Gasteiger charge is -2.06. The Morgan fingerprint density at radius 3 is 3.00 bits per heavy atom. The van der Waals surface area contributed by atoms with E-state index in [1.807, 2.05) is 23.0 Å². The van der Waals surface area contributed by atoms with Gasteiger partial charge in [-0.1, -0.05) is 24.3 Å². The van der Waals surface area contributed by atoms with Crippen LogP contribution in [0.4, 0.5) is 0 Å². The van der Waals surface area contributed by atoms with E-state index in [0.29, 0.717) is 18.7 Å². The van der Waals surface area contributed by atoms with E-state index in [0.717, 1.165) is 25.0 Å². The van der Waals surface area contributed by atoms with E-state index in [1.54, 1.807) is 0 Å². The van der Waals surface area contributed by atoms with E-state index in [-0.39, 0.29) is 5.92 Å². The van der Waals surface area contributed by atoms with Gasteiger partial charge < -0.3 is 4.74 Å². The van der Waals surface area contributed by atoms with E-state index < -0.39 is 0 Å². The molecule has 0 spiro atoms. The van der Waals surface area contributed by atoms with Crippen LogP contribution in [-0.4, -0.2) is 29.3 Å². The molecule has 1 atom stereocenters. The Hall–Kier alpha value is -1.94. The second kappa shape index (κ2) is 5.59. The van der Waals surface area contributed by atoms with Gasteiger partial charge >= 0.3 is 0 Å². The van der Waals surface area contributed by atoms with Gasteiger partial charge in [-0.3, -0.25) is 9.48 Å². The number of ether oxygens (including phenoxy) is 1. The molecule has 3 rings (SSSR count). The smallest absolute Gasteiger partial charge is 0.153 e. The minimum atomic E-state index is 0.258. The molecule has 20 heavy (non-hydrogen) atoms. The number of benzene rings is 1. The van der Waals surface area contributed by atoms with Gasteiger partial charge in [0.25, 0.3) is 0 Å². The van der Waals surface area contributed by atoms with Crippen LogP contribution < -0.4 is 0 Å². The Balaban J connectivity index is 1.87. The van der Waals surface area contributed by atoms with Gasteiger partial charge in [-0.05, 0) is 24.5 Å². The first kappa shape index (κ1) is 13.1. The summed E-state index contributed by atoms with van der Waals surface area (Å²) < 4.78 is 7.25. The Morgan fingerprint density at radius 2 is 2.30 bits per heavy atom. The van der Waals surface area contributed by atoms with Gasteiger partial charge in [0.05, 0.1) is 24.4 Å². The Bertz CT molecular complexity index is 613. The number of aldehydes is 1. The molecule has 0 radical (unpaired) electrons. The fourth-order valence-electron chi connectivity index (χ4n) is 2.65. The standard InChI is InChI=1S/C16H18N2O2/c1-12-4-2-3-5-13(12)8-18-9-15(10-19)16(17-18)14-6-7-20-11-14/h2-5,9-10,14H,6-8,11H2,1H3. The molecule has 0 aliphatic carbocycles. The summed E-state index contributed by atoms with van der Waals surface area (Å²) in [6.45, 7) is 4.21. The minimum Gasteiger partial charge on any atom is -0.381 e. The normalized spacial score (nSPS) is 18.4. The zero-order chi connectivity index (χ0) is 13.9. The first-order valence-electron chi connectivity index (χ1n) is 6.92. The second-order valence-electron chi connectivity index (χ2n) is 5.27. The summed E-state index contributed by atoms with van der Waals surface area (Å²) in [6.07, 6.45) is 3.68. The van der Waals surface area contributed by atoms with E-state index >= 15 is 0 Å². The summed E-state index contributed by atoms with van der Waals surface area (Å²) in [5, 5.41) is 4.60. The van der Waals surface area contributed by atoms with Gasteiger partial charge in [-0.2, -0.15) is 5.10 Å². The van der Waals surface area contributed by atoms with Crippen LogP contribution >= 0.6 is 0 Å². The molecular formula is C16H18N2O2. The van der Waals surface area contributed by atoms with Crippen LogP contribution in [0.1, 0.15) is 39.5 Å². The molecule has 0 saturated carbocycles. The molecule has 1 aliphatic rings. The highest BCUT2D eigenvalue weighted by Gasteiger charge is 2.23. The van der Waals surface area contributed by atoms with Gasteiger partial charge in [0.1, 0.15) is 0 Å². The number of nitrogens with zero attached hydrogens (tertiary/aromatic N) is 2. The van der Waals surface area contributed by atoms with Crippen molar-refractivity contribution < 1.29 is 9.53 Å². The van der Waals surface area contributed by atoms with Gasteiger partial charge in [0.2, 0.25) is 0 Å². The van der Waals surface area contributed by atoms with Crippen molar-refractivity contribution in [3.8, 4) is 0 Å². The molecule has 2 aromatic rings. The summed E-state index contributed by atoms with van der Waals surface area (Å²) >= 11 is 0. The molecule has 1 unspecified atom stereocenters. The molecule has 2 heterocycles. The third kappa shape index (κ3) is 2.51. The molecule has 0 bridgehead atoms. The molecule has 1 fully saturated rings. The fourth-order valence-corrected chi connectivity index (χ4v) is 2.65. The van der Waals surface area contributed by atoms with Crippen molar-refractivity contribution >= 4 is 6.29 Å². The quantitative estimate of drug-likeness (QED) is 0.802. The zero-order valence-corrected chi connectivity index (χ0v) is 11.6. The Kier molecular flexibility index (Phi) is 3.65. The van der Waals surface area contributed by atoms with Crippen molar-refractivity contribution in [2.24, 2.45) is 0 Å². The van der Waals surface area contributed by atoms with Crippen LogP contribution in [0.15, 0.2) is 30.5 Å². The van der Waals surface area contributed by atoms with E-state index in [2.05, 4.69) is 24.2 Å². The summed E-state index contributed by atoms with van der Waals surface area (Å²) in [5.74, 6) is 0.258. The lowest BCUT2D eigenvalue weighted by Crippen LogP contribution is -2.05. The number of rotatable bonds is 4. The summed E-state index contributed by atoms with van der Waals surface area (Å²) in [4.78, 5) is 11.2. The third-order valence-electron chi connectivity index (χ3n) is 3.86. The molecular weight excluding hydrogens is 252 g/mol. The highest BCUT2D eigenvalue weighted by atomic mass is 16.5. The summed E-state index contributed by atoms with van der Waals surface area (Å²) in [6, 6.07) is 8.24. The van der Waals surface area contributed by atoms with Gasteiger partial charge in [0.15, 0.2) is 6.29 Å². The Morgan fingerprint density at radius 1 is 1.45 bits per heavy atom. The minimum absolute atomic E-state index is 0.258. The van der Waals surface area contributed by atoms with Gasteiger partial charge in [-0.15, -0.1) is 0 Å². The lowest BCUT2D eigenvalue weighted by molar-refractivity contribution is 0.112. The maximum Gasteiger partial charge on any atom is 0.153 e. The van der Waals surface area contributed by atoms with Gasteiger partial charge in [-0.25, -0.2) is 0 Å². The number of aromatic nitrogens is 2. The van der Waals surface area contributed by atoms with Crippen molar-refractivity contribution in [3.05, 3.63) is 52.8 Å². The van der Waals surface area contributed by atoms with Crippen molar-refractivity contribution in [1.29, 1.82) is 0 Å². The topological polar surface area (TPSA) is 44.1 Å². The number of hydrogen-bond donors (Lipinski definition) is 0. The number of carbonyl (C=O) groups excluding carboxylic acids is 1. The van der Waals surface area contributed by atoms with E-state index in [9.17, 15) is 4.79 Å². The monoisotopic (exact) mass is 270 g/mol. The van der Waals surface area contributed by atoms with Crippen molar-refractivity contribution in [3.63, 3.8) is 0 Å². The predicted octanol–water partition coefficient (Wildman–Crippen LogP) is 2.56. The molecule has 104 valence electrons. The Labute approximate surface area is 118 Å². The molecule has 1 aromatic heterocycles. The van der Waals surface area contributed by atoms with Crippen molar-refractivity contribution in [2.75, 3.05) is 13.2 Å². The van der Waals surface area contributed by atoms with Crippen molar-refractivity contribution in [1.82, 2.24) is 9.78 Å². The lowest BCUT2D eigenvalue weighted by atomic mass is 10.0. The van der Waals surface area contributed by atoms with Crippen LogP contribution in [0.2, 0.25) is 0 Å². The van der Waals surface area contributed by atoms with Crippen LogP contribution in [0.25, 0.3) is 0 Å². The first-order valence-corrected chi connectivity index (χ1v) is 6.92. The van der Waals surface area contributed by atoms with Crippen LogP contribution in [0.5, 0.6) is 0 Å². The predicted molar refractivity (Wildman–Crippen MR) is 76.1 cm³/mol. The van der Waals surface area contributed by atoms with E-state index in [1.165, 1.54) is 11.1 Å². The third-order valence-corrected chi connectivity index (χ3v) is 3.86. The fraction of sp³-hybridized carbons (Fsp3) is 0.375. The average molecular weight is 270 g/mol. The number of hydrogen-bond acceptors (Lipinski definition) is 3. The molecule has 1 saturated heterocycles. The van der Waals surface area contributed by atoms with Crippen LogP contribution in [0, 0.1) is 6.92 Å². The van der Waals surface area contributed by atoms with Crippen LogP contribution in [-0.2, 0) is 11.3 Å².